The Morgan fingerprint density at radius 3 is 2.36 bits per heavy atom. The summed E-state index contributed by atoms with van der Waals surface area (Å²) in [7, 11) is 0. The highest BCUT2D eigenvalue weighted by molar-refractivity contribution is 5.91. The van der Waals surface area contributed by atoms with Crippen LogP contribution in [0.5, 0.6) is 0 Å². The van der Waals surface area contributed by atoms with Crippen LogP contribution >= 0.6 is 0 Å². The number of amides is 1. The highest BCUT2D eigenvalue weighted by Gasteiger charge is 2.13. The number of hydrogen-bond donors (Lipinski definition) is 2. The molecule has 0 saturated carbocycles. The minimum atomic E-state index is -0.571. The maximum atomic E-state index is 12.0. The Bertz CT molecular complexity index is 753. The molecule has 0 saturated heterocycles. The van der Waals surface area contributed by atoms with E-state index in [1.165, 1.54) is 5.56 Å². The topological polar surface area (TPSA) is 75.6 Å². The van der Waals surface area contributed by atoms with Gasteiger partial charge in [0.25, 0.3) is 5.91 Å². The molecule has 0 heterocycles. The summed E-state index contributed by atoms with van der Waals surface area (Å²) in [6.45, 7) is 5.52. The molecule has 0 fully saturated rings. The van der Waals surface area contributed by atoms with Gasteiger partial charge in [-0.15, -0.1) is 0 Å². The van der Waals surface area contributed by atoms with Crippen LogP contribution in [0.1, 0.15) is 45.6 Å². The molecule has 0 aliphatic rings. The van der Waals surface area contributed by atoms with Gasteiger partial charge in [-0.2, -0.15) is 0 Å². The lowest BCUT2D eigenvalue weighted by atomic mass is 10.0. The van der Waals surface area contributed by atoms with Gasteiger partial charge in [0.15, 0.2) is 6.61 Å². The molecule has 0 bridgehead atoms. The summed E-state index contributed by atoms with van der Waals surface area (Å²) >= 11 is 0. The summed E-state index contributed by atoms with van der Waals surface area (Å²) < 4.78 is 5.03. The lowest BCUT2D eigenvalue weighted by Gasteiger charge is -2.15. The number of benzene rings is 2. The minimum Gasteiger partial charge on any atom is -0.452 e. The van der Waals surface area contributed by atoms with Gasteiger partial charge in [0, 0.05) is 0 Å². The van der Waals surface area contributed by atoms with E-state index in [1.54, 1.807) is 24.3 Å². The average Bonchev–Trinajstić information content (AvgIpc) is 2.62. The Morgan fingerprint density at radius 1 is 1.08 bits per heavy atom. The van der Waals surface area contributed by atoms with Crippen molar-refractivity contribution in [3.8, 4) is 0 Å². The van der Waals surface area contributed by atoms with Gasteiger partial charge in [0.2, 0.25) is 0 Å². The van der Waals surface area contributed by atoms with Crippen molar-refractivity contribution in [2.45, 2.75) is 33.4 Å². The Kier molecular flexibility index (Phi) is 6.31. The molecular formula is C20H23NO4. The number of rotatable bonds is 6. The van der Waals surface area contributed by atoms with E-state index < -0.39 is 5.97 Å². The SMILES string of the molecule is Cc1ccc(C(C)NC(=O)COC(=O)c2ccc(CO)cc2)cc1C. The number of esters is 1. The number of hydrogen-bond acceptors (Lipinski definition) is 4. The fourth-order valence-corrected chi connectivity index (χ4v) is 2.36. The van der Waals surface area contributed by atoms with Crippen molar-refractivity contribution in [2.24, 2.45) is 0 Å². The van der Waals surface area contributed by atoms with Crippen LogP contribution in [0.15, 0.2) is 42.5 Å². The van der Waals surface area contributed by atoms with E-state index in [-0.39, 0.29) is 25.2 Å². The second kappa shape index (κ2) is 8.44. The first kappa shape index (κ1) is 18.7. The van der Waals surface area contributed by atoms with E-state index in [4.69, 9.17) is 9.84 Å². The van der Waals surface area contributed by atoms with Gasteiger partial charge in [-0.3, -0.25) is 4.79 Å². The quantitative estimate of drug-likeness (QED) is 0.792. The number of ether oxygens (including phenoxy) is 1. The molecule has 2 aromatic carbocycles. The summed E-state index contributed by atoms with van der Waals surface area (Å²) in [6, 6.07) is 12.2. The van der Waals surface area contributed by atoms with Crippen molar-refractivity contribution >= 4 is 11.9 Å². The summed E-state index contributed by atoms with van der Waals surface area (Å²) in [5, 5.41) is 11.8. The van der Waals surface area contributed by atoms with Crippen LogP contribution in [0, 0.1) is 13.8 Å². The third kappa shape index (κ3) is 5.16. The Balaban J connectivity index is 1.86. The summed E-state index contributed by atoms with van der Waals surface area (Å²) in [4.78, 5) is 23.9. The molecule has 1 amide bonds. The van der Waals surface area contributed by atoms with E-state index in [2.05, 4.69) is 5.32 Å². The fourth-order valence-electron chi connectivity index (χ4n) is 2.36. The number of aliphatic hydroxyl groups excluding tert-OH is 1. The third-order valence-corrected chi connectivity index (χ3v) is 4.12. The maximum absolute atomic E-state index is 12.0. The highest BCUT2D eigenvalue weighted by atomic mass is 16.5. The van der Waals surface area contributed by atoms with Crippen LogP contribution in [0.4, 0.5) is 0 Å². The molecular weight excluding hydrogens is 318 g/mol. The van der Waals surface area contributed by atoms with Gasteiger partial charge >= 0.3 is 5.97 Å². The van der Waals surface area contributed by atoms with Crippen LogP contribution in [0.2, 0.25) is 0 Å². The zero-order valence-corrected chi connectivity index (χ0v) is 14.7. The molecule has 1 atom stereocenters. The Labute approximate surface area is 147 Å². The molecule has 0 aromatic heterocycles. The van der Waals surface area contributed by atoms with Crippen molar-refractivity contribution in [3.63, 3.8) is 0 Å². The number of aryl methyl sites for hydroxylation is 2. The molecule has 0 aliphatic carbocycles. The molecule has 0 radical (unpaired) electrons. The van der Waals surface area contributed by atoms with Crippen LogP contribution in [-0.2, 0) is 16.1 Å². The van der Waals surface area contributed by atoms with Gasteiger partial charge in [-0.05, 0) is 55.2 Å². The predicted octanol–water partition coefficient (Wildman–Crippen LogP) is 2.83. The molecule has 2 N–H and O–H groups in total. The van der Waals surface area contributed by atoms with Crippen molar-refractivity contribution in [3.05, 3.63) is 70.3 Å². The number of carbonyl (C=O) groups excluding carboxylic acids is 2. The monoisotopic (exact) mass is 341 g/mol. The first-order chi connectivity index (χ1) is 11.9. The summed E-state index contributed by atoms with van der Waals surface area (Å²) in [6.07, 6.45) is 0. The molecule has 5 heteroatoms. The van der Waals surface area contributed by atoms with Crippen molar-refractivity contribution < 1.29 is 19.4 Å². The Hall–Kier alpha value is -2.66. The molecule has 1 unspecified atom stereocenters. The van der Waals surface area contributed by atoms with Gasteiger partial charge < -0.3 is 15.2 Å². The van der Waals surface area contributed by atoms with Crippen LogP contribution in [-0.4, -0.2) is 23.6 Å². The van der Waals surface area contributed by atoms with Crippen molar-refractivity contribution in [2.75, 3.05) is 6.61 Å². The summed E-state index contributed by atoms with van der Waals surface area (Å²) in [5.41, 5.74) is 4.41. The van der Waals surface area contributed by atoms with Crippen LogP contribution < -0.4 is 5.32 Å². The minimum absolute atomic E-state index is 0.0892. The zero-order chi connectivity index (χ0) is 18.4. The van der Waals surface area contributed by atoms with Gasteiger partial charge in [0.05, 0.1) is 18.2 Å². The molecule has 0 spiro atoms. The summed E-state index contributed by atoms with van der Waals surface area (Å²) in [5.74, 6) is -0.926. The van der Waals surface area contributed by atoms with Crippen molar-refractivity contribution in [1.82, 2.24) is 5.32 Å². The van der Waals surface area contributed by atoms with Crippen molar-refractivity contribution in [1.29, 1.82) is 0 Å². The molecule has 2 rings (SSSR count). The molecule has 0 aliphatic heterocycles. The van der Waals surface area contributed by atoms with E-state index in [9.17, 15) is 9.59 Å². The van der Waals surface area contributed by atoms with Crippen LogP contribution in [0.25, 0.3) is 0 Å². The van der Waals surface area contributed by atoms with Gasteiger partial charge in [-0.25, -0.2) is 4.79 Å². The van der Waals surface area contributed by atoms with E-state index in [1.807, 2.05) is 39.0 Å². The lowest BCUT2D eigenvalue weighted by Crippen LogP contribution is -2.31. The third-order valence-electron chi connectivity index (χ3n) is 4.12. The second-order valence-corrected chi connectivity index (χ2v) is 6.06. The van der Waals surface area contributed by atoms with E-state index in [0.717, 1.165) is 11.1 Å². The average molecular weight is 341 g/mol. The lowest BCUT2D eigenvalue weighted by molar-refractivity contribution is -0.124. The fraction of sp³-hybridized carbons (Fsp3) is 0.300. The second-order valence-electron chi connectivity index (χ2n) is 6.06. The highest BCUT2D eigenvalue weighted by Crippen LogP contribution is 2.16. The predicted molar refractivity (Wildman–Crippen MR) is 95.1 cm³/mol. The smallest absolute Gasteiger partial charge is 0.338 e. The van der Waals surface area contributed by atoms with Crippen LogP contribution in [0.3, 0.4) is 0 Å². The zero-order valence-electron chi connectivity index (χ0n) is 14.7. The molecule has 2 aromatic rings. The molecule has 25 heavy (non-hydrogen) atoms. The normalized spacial score (nSPS) is 11.7. The van der Waals surface area contributed by atoms with Gasteiger partial charge in [-0.1, -0.05) is 30.3 Å². The standard InChI is InChI=1S/C20H23NO4/c1-13-4-7-18(10-14(13)2)15(3)21-19(23)12-25-20(24)17-8-5-16(11-22)6-9-17/h4-10,15,22H,11-12H2,1-3H3,(H,21,23). The molecule has 132 valence electrons. The van der Waals surface area contributed by atoms with E-state index >= 15 is 0 Å². The van der Waals surface area contributed by atoms with Gasteiger partial charge in [0.1, 0.15) is 0 Å². The first-order valence-corrected chi connectivity index (χ1v) is 8.14. The number of carbonyl (C=O) groups is 2. The number of nitrogens with one attached hydrogen (secondary N) is 1. The van der Waals surface area contributed by atoms with E-state index in [0.29, 0.717) is 11.1 Å². The first-order valence-electron chi connectivity index (χ1n) is 8.14. The largest absolute Gasteiger partial charge is 0.452 e. The maximum Gasteiger partial charge on any atom is 0.338 e. The Morgan fingerprint density at radius 2 is 1.76 bits per heavy atom. The molecule has 5 nitrogen and oxygen atoms in total. The number of aliphatic hydroxyl groups is 1.